The maximum absolute atomic E-state index is 12.4. The van der Waals surface area contributed by atoms with Gasteiger partial charge in [-0.3, -0.25) is 4.79 Å². The van der Waals surface area contributed by atoms with Crippen molar-refractivity contribution in [2.24, 2.45) is 0 Å². The summed E-state index contributed by atoms with van der Waals surface area (Å²) in [6, 6.07) is 9.49. The van der Waals surface area contributed by atoms with Gasteiger partial charge >= 0.3 is 11.9 Å². The van der Waals surface area contributed by atoms with Crippen molar-refractivity contribution in [1.82, 2.24) is 9.97 Å². The molecule has 9 heteroatoms. The minimum atomic E-state index is -0.948. The average molecular weight is 410 g/mol. The largest absolute Gasteiger partial charge is 0.481 e. The predicted molar refractivity (Wildman–Crippen MR) is 105 cm³/mol. The molecule has 0 aliphatic rings. The van der Waals surface area contributed by atoms with Crippen LogP contribution >= 0.6 is 23.4 Å². The fraction of sp³-hybridized carbons (Fsp3) is 0.333. The summed E-state index contributed by atoms with van der Waals surface area (Å²) in [5.74, 6) is -1.32. The summed E-state index contributed by atoms with van der Waals surface area (Å²) >= 11 is 7.52. The highest BCUT2D eigenvalue weighted by Gasteiger charge is 2.25. The lowest BCUT2D eigenvalue weighted by atomic mass is 10.2. The molecule has 0 saturated carbocycles. The Bertz CT molecular complexity index is 805. The van der Waals surface area contributed by atoms with E-state index in [1.54, 1.807) is 18.1 Å². The van der Waals surface area contributed by atoms with Gasteiger partial charge in [-0.2, -0.15) is 0 Å². The number of esters is 1. The maximum atomic E-state index is 12.4. The third-order valence-electron chi connectivity index (χ3n) is 3.60. The molecule has 144 valence electrons. The molecule has 1 aromatic heterocycles. The van der Waals surface area contributed by atoms with E-state index in [-0.39, 0.29) is 36.1 Å². The van der Waals surface area contributed by atoms with Gasteiger partial charge in [0.1, 0.15) is 16.5 Å². The number of rotatable bonds is 9. The third-order valence-corrected chi connectivity index (χ3v) is 4.42. The van der Waals surface area contributed by atoms with E-state index in [1.807, 2.05) is 30.3 Å². The fourth-order valence-corrected chi connectivity index (χ4v) is 3.05. The molecule has 2 rings (SSSR count). The Labute approximate surface area is 166 Å². The number of hydrogen-bond donors (Lipinski definition) is 1. The molecule has 2 aromatic rings. The highest BCUT2D eigenvalue weighted by atomic mass is 35.5. The lowest BCUT2D eigenvalue weighted by Gasteiger charge is -2.25. The van der Waals surface area contributed by atoms with Gasteiger partial charge in [-0.15, -0.1) is 0 Å². The molecule has 0 aliphatic heterocycles. The fourth-order valence-electron chi connectivity index (χ4n) is 2.40. The highest BCUT2D eigenvalue weighted by molar-refractivity contribution is 7.98. The van der Waals surface area contributed by atoms with Gasteiger partial charge in [-0.05, 0) is 18.7 Å². The summed E-state index contributed by atoms with van der Waals surface area (Å²) in [5.41, 5.74) is 0.982. The van der Waals surface area contributed by atoms with E-state index < -0.39 is 11.9 Å². The number of anilines is 1. The van der Waals surface area contributed by atoms with E-state index in [1.165, 1.54) is 11.8 Å². The smallest absolute Gasteiger partial charge is 0.345 e. The van der Waals surface area contributed by atoms with E-state index in [4.69, 9.17) is 21.4 Å². The molecular formula is C18H20ClN3O4S. The molecule has 27 heavy (non-hydrogen) atoms. The van der Waals surface area contributed by atoms with Crippen molar-refractivity contribution in [3.63, 3.8) is 0 Å². The maximum Gasteiger partial charge on any atom is 0.345 e. The Morgan fingerprint density at radius 2 is 1.96 bits per heavy atom. The summed E-state index contributed by atoms with van der Waals surface area (Å²) in [5, 5.41) is 9.48. The predicted octanol–water partition coefficient (Wildman–Crippen LogP) is 3.51. The quantitative estimate of drug-likeness (QED) is 0.291. The number of hydrogen-bond acceptors (Lipinski definition) is 7. The third kappa shape index (κ3) is 5.83. The highest BCUT2D eigenvalue weighted by Crippen LogP contribution is 2.29. The Balaban J connectivity index is 2.51. The number of carboxylic acid groups (broad SMARTS) is 1. The van der Waals surface area contributed by atoms with Crippen molar-refractivity contribution < 1.29 is 19.4 Å². The van der Waals surface area contributed by atoms with Crippen molar-refractivity contribution in [2.45, 2.75) is 25.0 Å². The van der Waals surface area contributed by atoms with Crippen LogP contribution in [0, 0.1) is 0 Å². The number of aliphatic carboxylic acids is 1. The number of ether oxygens (including phenoxy) is 1. The molecule has 0 fully saturated rings. The number of carbonyl (C=O) groups is 2. The molecule has 0 spiro atoms. The van der Waals surface area contributed by atoms with E-state index in [0.29, 0.717) is 11.7 Å². The number of carboxylic acids is 1. The van der Waals surface area contributed by atoms with Crippen LogP contribution in [-0.4, -0.2) is 46.4 Å². The molecule has 7 nitrogen and oxygen atoms in total. The molecule has 1 heterocycles. The molecule has 0 radical (unpaired) electrons. The first-order chi connectivity index (χ1) is 13.0. The van der Waals surface area contributed by atoms with Crippen LogP contribution in [0.4, 0.5) is 5.82 Å². The van der Waals surface area contributed by atoms with Crippen molar-refractivity contribution in [2.75, 3.05) is 24.3 Å². The molecule has 0 aliphatic carbocycles. The number of carbonyl (C=O) groups excluding carboxylic acids is 1. The Morgan fingerprint density at radius 3 is 2.56 bits per heavy atom. The van der Waals surface area contributed by atoms with E-state index >= 15 is 0 Å². The van der Waals surface area contributed by atoms with Gasteiger partial charge in [-0.25, -0.2) is 14.8 Å². The van der Waals surface area contributed by atoms with Gasteiger partial charge < -0.3 is 14.7 Å². The van der Waals surface area contributed by atoms with Crippen molar-refractivity contribution in [3.05, 3.63) is 46.6 Å². The van der Waals surface area contributed by atoms with Crippen LogP contribution < -0.4 is 4.90 Å². The minimum Gasteiger partial charge on any atom is -0.481 e. The van der Waals surface area contributed by atoms with E-state index in [2.05, 4.69) is 9.97 Å². The summed E-state index contributed by atoms with van der Waals surface area (Å²) in [6.07, 6.45) is 1.67. The monoisotopic (exact) mass is 409 g/mol. The SMILES string of the molecule is CCOC(=O)c1c(Cl)nc(SC)nc1N(CCC(=O)O)Cc1ccccc1. The number of thioether (sulfide) groups is 1. The summed E-state index contributed by atoms with van der Waals surface area (Å²) in [6.45, 7) is 2.38. The van der Waals surface area contributed by atoms with Crippen LogP contribution in [0.5, 0.6) is 0 Å². The van der Waals surface area contributed by atoms with Gasteiger partial charge in [0.2, 0.25) is 0 Å². The number of halogens is 1. The van der Waals surface area contributed by atoms with Gasteiger partial charge in [0.25, 0.3) is 0 Å². The van der Waals surface area contributed by atoms with Crippen LogP contribution in [0.15, 0.2) is 35.5 Å². The molecule has 1 aromatic carbocycles. The average Bonchev–Trinajstić information content (AvgIpc) is 2.65. The van der Waals surface area contributed by atoms with Gasteiger partial charge in [0.15, 0.2) is 5.16 Å². The normalized spacial score (nSPS) is 10.5. The Kier molecular flexibility index (Phi) is 7.87. The van der Waals surface area contributed by atoms with Crippen LogP contribution in [0.1, 0.15) is 29.3 Å². The second-order valence-corrected chi connectivity index (χ2v) is 6.60. The Hall–Kier alpha value is -2.32. The second-order valence-electron chi connectivity index (χ2n) is 5.47. The van der Waals surface area contributed by atoms with Crippen LogP contribution in [0.3, 0.4) is 0 Å². The standard InChI is InChI=1S/C18H20ClN3O4S/c1-3-26-17(25)14-15(19)20-18(27-2)21-16(14)22(10-9-13(23)24)11-12-7-5-4-6-8-12/h4-8H,3,9-11H2,1-2H3,(H,23,24). The van der Waals surface area contributed by atoms with Gasteiger partial charge in [0, 0.05) is 13.1 Å². The topological polar surface area (TPSA) is 92.6 Å². The van der Waals surface area contributed by atoms with Gasteiger partial charge in [-0.1, -0.05) is 53.7 Å². The number of aromatic nitrogens is 2. The van der Waals surface area contributed by atoms with Crippen LogP contribution in [0.2, 0.25) is 5.15 Å². The summed E-state index contributed by atoms with van der Waals surface area (Å²) < 4.78 is 5.10. The zero-order valence-corrected chi connectivity index (χ0v) is 16.6. The first kappa shape index (κ1) is 21.0. The first-order valence-electron chi connectivity index (χ1n) is 8.25. The molecule has 1 N–H and O–H groups in total. The molecular weight excluding hydrogens is 390 g/mol. The number of nitrogens with zero attached hydrogens (tertiary/aromatic N) is 3. The lowest BCUT2D eigenvalue weighted by Crippen LogP contribution is -2.29. The summed E-state index contributed by atoms with van der Waals surface area (Å²) in [4.78, 5) is 33.8. The molecule has 0 atom stereocenters. The van der Waals surface area contributed by atoms with Crippen LogP contribution in [-0.2, 0) is 16.1 Å². The Morgan fingerprint density at radius 1 is 1.26 bits per heavy atom. The molecule has 0 saturated heterocycles. The second kappa shape index (κ2) is 10.1. The zero-order valence-electron chi connectivity index (χ0n) is 15.0. The number of benzene rings is 1. The minimum absolute atomic E-state index is 0.0174. The van der Waals surface area contributed by atoms with E-state index in [9.17, 15) is 9.59 Å². The van der Waals surface area contributed by atoms with Crippen molar-refractivity contribution in [3.8, 4) is 0 Å². The summed E-state index contributed by atoms with van der Waals surface area (Å²) in [7, 11) is 0. The lowest BCUT2D eigenvalue weighted by molar-refractivity contribution is -0.136. The zero-order chi connectivity index (χ0) is 19.8. The van der Waals surface area contributed by atoms with Crippen molar-refractivity contribution >= 4 is 41.1 Å². The first-order valence-corrected chi connectivity index (χ1v) is 9.85. The van der Waals surface area contributed by atoms with Gasteiger partial charge in [0.05, 0.1) is 13.0 Å². The molecule has 0 unspecified atom stereocenters. The molecule has 0 amide bonds. The molecule has 0 bridgehead atoms. The van der Waals surface area contributed by atoms with Crippen LogP contribution in [0.25, 0.3) is 0 Å². The van der Waals surface area contributed by atoms with Crippen molar-refractivity contribution in [1.29, 1.82) is 0 Å². The van der Waals surface area contributed by atoms with E-state index in [0.717, 1.165) is 5.56 Å².